The highest BCUT2D eigenvalue weighted by Crippen LogP contribution is 2.24. The smallest absolute Gasteiger partial charge is 0.369 e. The van der Waals surface area contributed by atoms with E-state index in [0.717, 1.165) is 33.0 Å². The van der Waals surface area contributed by atoms with E-state index in [0.29, 0.717) is 26.2 Å². The molecule has 0 atom stereocenters. The number of benzene rings is 2. The average molecular weight is 645 g/mol. The average Bonchev–Trinajstić information content (AvgIpc) is 3.62. The Hall–Kier alpha value is -3.63. The zero-order valence-electron chi connectivity index (χ0n) is 24.6. The van der Waals surface area contributed by atoms with Crippen molar-refractivity contribution in [2.45, 2.75) is 13.8 Å². The number of azo groups is 2. The molecule has 43 heavy (non-hydrogen) atoms. The van der Waals surface area contributed by atoms with E-state index in [4.69, 9.17) is 8.37 Å². The molecule has 0 saturated carbocycles. The summed E-state index contributed by atoms with van der Waals surface area (Å²) in [5, 5.41) is 22.6. The summed E-state index contributed by atoms with van der Waals surface area (Å²) >= 11 is 3.02. The van der Waals surface area contributed by atoms with Crippen molar-refractivity contribution in [2.24, 2.45) is 34.6 Å². The summed E-state index contributed by atoms with van der Waals surface area (Å²) in [6.07, 6.45) is 3.86. The zero-order chi connectivity index (χ0) is 30.7. The van der Waals surface area contributed by atoms with Crippen LogP contribution < -0.4 is 18.9 Å². The van der Waals surface area contributed by atoms with Crippen LogP contribution in [0.15, 0.2) is 92.1 Å². The highest BCUT2D eigenvalue weighted by molar-refractivity contribution is 7.81. The van der Waals surface area contributed by atoms with E-state index in [1.165, 1.54) is 22.7 Å². The number of aryl methyl sites for hydroxylation is 2. The minimum absolute atomic E-state index is 0.0382. The van der Waals surface area contributed by atoms with Crippen molar-refractivity contribution >= 4 is 66.1 Å². The molecular formula is C28H36N8O4S3+2. The monoisotopic (exact) mass is 644 g/mol. The number of thiazole rings is 2. The predicted molar refractivity (Wildman–Crippen MR) is 169 cm³/mol. The summed E-state index contributed by atoms with van der Waals surface area (Å²) in [7, 11) is -0.303. The Balaban J connectivity index is 1.21. The molecule has 2 aromatic carbocycles. The molecule has 0 spiro atoms. The van der Waals surface area contributed by atoms with E-state index in [1.54, 1.807) is 0 Å². The van der Waals surface area contributed by atoms with Crippen LogP contribution >= 0.6 is 22.7 Å². The van der Waals surface area contributed by atoms with Crippen LogP contribution in [-0.4, -0.2) is 47.8 Å². The van der Waals surface area contributed by atoms with Gasteiger partial charge in [-0.05, 0) is 95.3 Å². The lowest BCUT2D eigenvalue weighted by Crippen LogP contribution is -2.30. The largest absolute Gasteiger partial charge is 0.408 e. The number of anilines is 2. The molecule has 2 heterocycles. The van der Waals surface area contributed by atoms with Gasteiger partial charge in [-0.3, -0.25) is 0 Å². The van der Waals surface area contributed by atoms with Crippen LogP contribution in [0, 0.1) is 0 Å². The normalized spacial score (nSPS) is 12.0. The van der Waals surface area contributed by atoms with Crippen LogP contribution in [0.25, 0.3) is 0 Å². The molecule has 0 saturated heterocycles. The Labute approximate surface area is 260 Å². The van der Waals surface area contributed by atoms with Gasteiger partial charge >= 0.3 is 20.7 Å². The summed E-state index contributed by atoms with van der Waals surface area (Å²) in [5.41, 5.74) is 3.31. The Morgan fingerprint density at radius 1 is 0.674 bits per heavy atom. The van der Waals surface area contributed by atoms with Crippen molar-refractivity contribution in [2.75, 3.05) is 49.2 Å². The molecular weight excluding hydrogens is 609 g/mol. The number of rotatable bonds is 16. The van der Waals surface area contributed by atoms with E-state index < -0.39 is 10.4 Å². The van der Waals surface area contributed by atoms with E-state index in [1.807, 2.05) is 119 Å². The first-order valence-corrected chi connectivity index (χ1v) is 16.8. The van der Waals surface area contributed by atoms with Gasteiger partial charge in [0.1, 0.15) is 23.8 Å². The SMILES string of the molecule is CCN(CCOS(=O)(=O)OCCN(CC)c1ccc(N=Nc2scc[n+]2C)cc1)c1ccc(N=Nc2scc[n+]2C)cc1. The van der Waals surface area contributed by atoms with Gasteiger partial charge in [0.15, 0.2) is 0 Å². The molecule has 0 N–H and O–H groups in total. The number of aromatic nitrogens is 2. The van der Waals surface area contributed by atoms with E-state index in [9.17, 15) is 8.42 Å². The van der Waals surface area contributed by atoms with E-state index in [2.05, 4.69) is 20.5 Å². The van der Waals surface area contributed by atoms with Crippen LogP contribution in [0.4, 0.5) is 33.0 Å². The minimum atomic E-state index is -4.14. The van der Waals surface area contributed by atoms with Gasteiger partial charge in [-0.2, -0.15) is 8.42 Å². The maximum atomic E-state index is 12.4. The van der Waals surface area contributed by atoms with E-state index in [-0.39, 0.29) is 13.2 Å². The second-order valence-corrected chi connectivity index (χ2v) is 12.3. The van der Waals surface area contributed by atoms with Gasteiger partial charge < -0.3 is 9.80 Å². The first-order chi connectivity index (χ1) is 20.8. The Morgan fingerprint density at radius 3 is 1.40 bits per heavy atom. The van der Waals surface area contributed by atoms with Gasteiger partial charge in [0.2, 0.25) is 0 Å². The quantitative estimate of drug-likeness (QED) is 0.110. The van der Waals surface area contributed by atoms with Crippen molar-refractivity contribution in [1.82, 2.24) is 0 Å². The summed E-state index contributed by atoms with van der Waals surface area (Å²) < 4.78 is 38.9. The van der Waals surface area contributed by atoms with Crippen molar-refractivity contribution in [3.63, 3.8) is 0 Å². The fraction of sp³-hybridized carbons (Fsp3) is 0.357. The first kappa shape index (κ1) is 32.3. The van der Waals surface area contributed by atoms with Gasteiger partial charge in [0.05, 0.1) is 37.5 Å². The fourth-order valence-corrected chi connectivity index (χ4v) is 5.97. The Morgan fingerprint density at radius 2 is 1.07 bits per heavy atom. The number of likely N-dealkylation sites (N-methyl/N-ethyl adjacent to an activating group) is 2. The molecule has 15 heteroatoms. The van der Waals surface area contributed by atoms with E-state index >= 15 is 0 Å². The van der Waals surface area contributed by atoms with Crippen molar-refractivity contribution in [3.8, 4) is 0 Å². The molecule has 12 nitrogen and oxygen atoms in total. The molecule has 0 aliphatic rings. The molecule has 0 unspecified atom stereocenters. The molecule has 2 aromatic heterocycles. The molecule has 0 aliphatic carbocycles. The van der Waals surface area contributed by atoms with Gasteiger partial charge in [-0.15, -0.1) is 0 Å². The summed E-state index contributed by atoms with van der Waals surface area (Å²) in [5.74, 6) is 0. The van der Waals surface area contributed by atoms with Crippen LogP contribution in [0.1, 0.15) is 13.8 Å². The van der Waals surface area contributed by atoms with Crippen molar-refractivity contribution < 1.29 is 25.9 Å². The van der Waals surface area contributed by atoms with Crippen LogP contribution in [0.3, 0.4) is 0 Å². The standard InChI is InChI=1S/C28H36N8O4S3/c1-5-35(25-11-7-23(8-12-25)29-31-27-33(3)17-21-41-27)15-19-39-43(37,38)40-20-16-36(6-2)26-13-9-24(10-14-26)30-32-28-34(4)18-22-42-28/h7-14,17-18,21-22H,5-6,15-16,19-20H2,1-4H3/q+2. The molecule has 0 bridgehead atoms. The zero-order valence-corrected chi connectivity index (χ0v) is 27.1. The predicted octanol–water partition coefficient (Wildman–Crippen LogP) is 5.92. The number of hydrogen-bond donors (Lipinski definition) is 0. The second kappa shape index (κ2) is 15.7. The first-order valence-electron chi connectivity index (χ1n) is 13.7. The third-order valence-electron chi connectivity index (χ3n) is 6.39. The number of hydrogen-bond acceptors (Lipinski definition) is 12. The third-order valence-corrected chi connectivity index (χ3v) is 8.98. The topological polar surface area (TPSA) is 116 Å². The molecule has 0 radical (unpaired) electrons. The van der Waals surface area contributed by atoms with Crippen LogP contribution in [0.5, 0.6) is 0 Å². The minimum Gasteiger partial charge on any atom is -0.369 e. The lowest BCUT2D eigenvalue weighted by molar-refractivity contribution is -0.654. The van der Waals surface area contributed by atoms with Crippen molar-refractivity contribution in [3.05, 3.63) is 71.7 Å². The summed E-state index contributed by atoms with van der Waals surface area (Å²) in [4.78, 5) is 4.02. The van der Waals surface area contributed by atoms with Gasteiger partial charge in [-0.1, -0.05) is 0 Å². The molecule has 0 aliphatic heterocycles. The third kappa shape index (κ3) is 9.69. The van der Waals surface area contributed by atoms with Crippen molar-refractivity contribution in [1.29, 1.82) is 0 Å². The maximum absolute atomic E-state index is 12.4. The molecule has 0 amide bonds. The van der Waals surface area contributed by atoms with Gasteiger partial charge in [0, 0.05) is 48.3 Å². The molecule has 4 rings (SSSR count). The lowest BCUT2D eigenvalue weighted by atomic mass is 10.2. The van der Waals surface area contributed by atoms with Crippen LogP contribution in [0.2, 0.25) is 0 Å². The molecule has 4 aromatic rings. The van der Waals surface area contributed by atoms with Gasteiger partial charge in [-0.25, -0.2) is 17.5 Å². The Kier molecular flexibility index (Phi) is 11.8. The Bertz CT molecular complexity index is 1490. The molecule has 228 valence electrons. The van der Waals surface area contributed by atoms with Crippen LogP contribution in [-0.2, 0) is 32.9 Å². The lowest BCUT2D eigenvalue weighted by Gasteiger charge is -2.23. The summed E-state index contributed by atoms with van der Waals surface area (Å²) in [6.45, 7) is 6.01. The number of nitrogens with zero attached hydrogens (tertiary/aromatic N) is 8. The summed E-state index contributed by atoms with van der Waals surface area (Å²) in [6, 6.07) is 15.2. The second-order valence-electron chi connectivity index (χ2n) is 9.24. The fourth-order valence-electron chi connectivity index (χ4n) is 3.98. The highest BCUT2D eigenvalue weighted by Gasteiger charge is 2.15. The molecule has 0 fully saturated rings. The van der Waals surface area contributed by atoms with Gasteiger partial charge in [0.25, 0.3) is 0 Å². The maximum Gasteiger partial charge on any atom is 0.408 e. The highest BCUT2D eigenvalue weighted by atomic mass is 32.3.